The fourth-order valence-corrected chi connectivity index (χ4v) is 3.66. The Morgan fingerprint density at radius 2 is 2.10 bits per heavy atom. The molecule has 3 atom stereocenters. The lowest BCUT2D eigenvalue weighted by molar-refractivity contribution is -0.101. The van der Waals surface area contributed by atoms with Gasteiger partial charge in [0.25, 0.3) is 0 Å². The molecule has 2 aliphatic heterocycles. The van der Waals surface area contributed by atoms with E-state index >= 15 is 0 Å². The number of rotatable bonds is 6. The third kappa shape index (κ3) is 3.33. The lowest BCUT2D eigenvalue weighted by atomic mass is 9.99. The van der Waals surface area contributed by atoms with Crippen molar-refractivity contribution in [1.29, 1.82) is 0 Å². The van der Waals surface area contributed by atoms with Gasteiger partial charge < -0.3 is 13.9 Å². The fraction of sp³-hybridized carbons (Fsp3) is 0.765. The molecule has 0 N–H and O–H groups in total. The molecule has 4 rings (SSSR count). The van der Waals surface area contributed by atoms with Crippen molar-refractivity contribution in [3.8, 4) is 0 Å². The van der Waals surface area contributed by atoms with Crippen molar-refractivity contribution in [2.24, 2.45) is 5.92 Å². The van der Waals surface area contributed by atoms with Gasteiger partial charge in [-0.25, -0.2) is 0 Å². The molecule has 0 bridgehead atoms. The number of furan rings is 1. The van der Waals surface area contributed by atoms with Crippen LogP contribution in [0.25, 0.3) is 0 Å². The van der Waals surface area contributed by atoms with Gasteiger partial charge in [0.15, 0.2) is 0 Å². The van der Waals surface area contributed by atoms with E-state index in [2.05, 4.69) is 11.0 Å². The molecule has 116 valence electrons. The Kier molecular flexibility index (Phi) is 4.01. The molecule has 1 aliphatic carbocycles. The van der Waals surface area contributed by atoms with E-state index < -0.39 is 0 Å². The summed E-state index contributed by atoms with van der Waals surface area (Å²) in [5.41, 5.74) is 0. The van der Waals surface area contributed by atoms with Gasteiger partial charge in [-0.15, -0.1) is 0 Å². The Morgan fingerprint density at radius 1 is 1.14 bits per heavy atom. The summed E-state index contributed by atoms with van der Waals surface area (Å²) >= 11 is 0. The molecule has 0 spiro atoms. The zero-order valence-electron chi connectivity index (χ0n) is 12.6. The van der Waals surface area contributed by atoms with Gasteiger partial charge in [0.05, 0.1) is 31.6 Å². The molecule has 0 amide bonds. The number of fused-ring (bicyclic) bond motifs is 1. The number of ether oxygens (including phenoxy) is 2. The van der Waals surface area contributed by atoms with Crippen LogP contribution in [-0.2, 0) is 16.0 Å². The molecule has 4 heteroatoms. The number of hydrogen-bond donors (Lipinski definition) is 0. The summed E-state index contributed by atoms with van der Waals surface area (Å²) in [5.74, 6) is 1.90. The van der Waals surface area contributed by atoms with Crippen LogP contribution in [0.1, 0.15) is 37.9 Å². The second-order valence-electron chi connectivity index (χ2n) is 6.76. The number of likely N-dealkylation sites (tertiary alicyclic amines) is 1. The molecule has 1 aromatic rings. The molecule has 1 aromatic heterocycles. The molecular weight excluding hydrogens is 266 g/mol. The molecule has 0 unspecified atom stereocenters. The zero-order chi connectivity index (χ0) is 14.1. The Hall–Kier alpha value is -0.840. The predicted molar refractivity (Wildman–Crippen MR) is 79.0 cm³/mol. The van der Waals surface area contributed by atoms with E-state index in [1.165, 1.54) is 19.3 Å². The largest absolute Gasteiger partial charge is 0.468 e. The van der Waals surface area contributed by atoms with Crippen LogP contribution < -0.4 is 0 Å². The van der Waals surface area contributed by atoms with E-state index in [1.807, 2.05) is 6.07 Å². The highest BCUT2D eigenvalue weighted by Crippen LogP contribution is 2.33. The molecule has 2 saturated heterocycles. The topological polar surface area (TPSA) is 34.8 Å². The van der Waals surface area contributed by atoms with Gasteiger partial charge in [-0.1, -0.05) is 0 Å². The third-order valence-corrected chi connectivity index (χ3v) is 5.04. The van der Waals surface area contributed by atoms with Crippen molar-refractivity contribution in [2.45, 2.75) is 56.9 Å². The van der Waals surface area contributed by atoms with Crippen LogP contribution in [0.5, 0.6) is 0 Å². The first-order valence-electron chi connectivity index (χ1n) is 8.38. The highest BCUT2D eigenvalue weighted by molar-refractivity contribution is 5.01. The first-order chi connectivity index (χ1) is 10.4. The average molecular weight is 291 g/mol. The third-order valence-electron chi connectivity index (χ3n) is 5.04. The zero-order valence-corrected chi connectivity index (χ0v) is 12.6. The predicted octanol–water partition coefficient (Wildman–Crippen LogP) is 2.83. The quantitative estimate of drug-likeness (QED) is 0.807. The molecule has 0 radical (unpaired) electrons. The van der Waals surface area contributed by atoms with Crippen LogP contribution >= 0.6 is 0 Å². The monoisotopic (exact) mass is 291 g/mol. The highest BCUT2D eigenvalue weighted by Gasteiger charge is 2.40. The molecule has 4 nitrogen and oxygen atoms in total. The van der Waals surface area contributed by atoms with Crippen molar-refractivity contribution >= 4 is 0 Å². The van der Waals surface area contributed by atoms with Gasteiger partial charge in [-0.05, 0) is 50.2 Å². The van der Waals surface area contributed by atoms with Gasteiger partial charge in [-0.2, -0.15) is 0 Å². The Balaban J connectivity index is 1.25. The summed E-state index contributed by atoms with van der Waals surface area (Å²) in [7, 11) is 0. The van der Waals surface area contributed by atoms with E-state index in [1.54, 1.807) is 6.26 Å². The molecule has 3 heterocycles. The van der Waals surface area contributed by atoms with Gasteiger partial charge in [0.2, 0.25) is 0 Å². The van der Waals surface area contributed by atoms with Crippen LogP contribution in [-0.4, -0.2) is 42.9 Å². The summed E-state index contributed by atoms with van der Waals surface area (Å²) in [6.07, 6.45) is 8.67. The number of hydrogen-bond acceptors (Lipinski definition) is 4. The van der Waals surface area contributed by atoms with E-state index in [0.717, 1.165) is 50.8 Å². The molecular formula is C17H25NO3. The first-order valence-corrected chi connectivity index (χ1v) is 8.38. The minimum absolute atomic E-state index is 0.313. The van der Waals surface area contributed by atoms with Gasteiger partial charge in [-0.3, -0.25) is 4.90 Å². The van der Waals surface area contributed by atoms with Crippen molar-refractivity contribution in [3.63, 3.8) is 0 Å². The standard InChI is InChI=1S/C17H25NO3/c1-2-14(20-9-1)10-18-8-7-17-16(18)6-5-15(21-17)12-19-11-13-3-4-13/h1-2,9,13,15-17H,3-8,10-12H2/t15-,16-,17-/m0/s1. The summed E-state index contributed by atoms with van der Waals surface area (Å²) in [6, 6.07) is 4.59. The summed E-state index contributed by atoms with van der Waals surface area (Å²) in [4.78, 5) is 2.52. The van der Waals surface area contributed by atoms with Gasteiger partial charge >= 0.3 is 0 Å². The van der Waals surface area contributed by atoms with E-state index in [0.29, 0.717) is 18.2 Å². The van der Waals surface area contributed by atoms with E-state index in [4.69, 9.17) is 13.9 Å². The average Bonchev–Trinajstić information content (AvgIpc) is 3.03. The highest BCUT2D eigenvalue weighted by atomic mass is 16.5. The van der Waals surface area contributed by atoms with Crippen molar-refractivity contribution < 1.29 is 13.9 Å². The van der Waals surface area contributed by atoms with Crippen molar-refractivity contribution in [1.82, 2.24) is 4.90 Å². The Morgan fingerprint density at radius 3 is 2.90 bits per heavy atom. The Bertz CT molecular complexity index is 443. The minimum atomic E-state index is 0.313. The van der Waals surface area contributed by atoms with Crippen LogP contribution in [0.15, 0.2) is 22.8 Å². The van der Waals surface area contributed by atoms with Crippen LogP contribution in [0.3, 0.4) is 0 Å². The van der Waals surface area contributed by atoms with Crippen molar-refractivity contribution in [3.05, 3.63) is 24.2 Å². The first kappa shape index (κ1) is 13.8. The maximum atomic E-state index is 6.26. The number of nitrogens with zero attached hydrogens (tertiary/aromatic N) is 1. The molecule has 3 fully saturated rings. The summed E-state index contributed by atoms with van der Waals surface area (Å²) in [6.45, 7) is 3.77. The lowest BCUT2D eigenvalue weighted by Crippen LogP contribution is -2.43. The van der Waals surface area contributed by atoms with Gasteiger partial charge in [0, 0.05) is 19.2 Å². The van der Waals surface area contributed by atoms with Crippen LogP contribution in [0, 0.1) is 5.92 Å². The second-order valence-corrected chi connectivity index (χ2v) is 6.76. The van der Waals surface area contributed by atoms with Gasteiger partial charge in [0.1, 0.15) is 5.76 Å². The fourth-order valence-electron chi connectivity index (χ4n) is 3.66. The molecule has 0 aromatic carbocycles. The van der Waals surface area contributed by atoms with Crippen molar-refractivity contribution in [2.75, 3.05) is 19.8 Å². The van der Waals surface area contributed by atoms with E-state index in [9.17, 15) is 0 Å². The summed E-state index contributed by atoms with van der Waals surface area (Å²) < 4.78 is 17.5. The lowest BCUT2D eigenvalue weighted by Gasteiger charge is -2.35. The molecule has 1 saturated carbocycles. The summed E-state index contributed by atoms with van der Waals surface area (Å²) in [5, 5.41) is 0. The van der Waals surface area contributed by atoms with E-state index in [-0.39, 0.29) is 0 Å². The molecule has 21 heavy (non-hydrogen) atoms. The van der Waals surface area contributed by atoms with Crippen LogP contribution in [0.4, 0.5) is 0 Å². The molecule has 3 aliphatic rings. The second kappa shape index (κ2) is 6.11. The SMILES string of the molecule is c1coc(CN2CC[C@@H]3O[C@H](COCC4CC4)CC[C@@H]32)c1. The Labute approximate surface area is 126 Å². The maximum Gasteiger partial charge on any atom is 0.117 e. The van der Waals surface area contributed by atoms with Crippen LogP contribution in [0.2, 0.25) is 0 Å². The minimum Gasteiger partial charge on any atom is -0.468 e. The maximum absolute atomic E-state index is 6.26. The normalized spacial score (nSPS) is 33.2. The smallest absolute Gasteiger partial charge is 0.117 e.